The number of hydrogen-bond donors (Lipinski definition) is 0. The highest BCUT2D eigenvalue weighted by Crippen LogP contribution is 2.31. The average molecular weight is 429 g/mol. The van der Waals surface area contributed by atoms with Gasteiger partial charge in [-0.05, 0) is 56.3 Å². The summed E-state index contributed by atoms with van der Waals surface area (Å²) in [6.45, 7) is 3.97. The van der Waals surface area contributed by atoms with E-state index in [0.29, 0.717) is 4.31 Å². The van der Waals surface area contributed by atoms with Crippen LogP contribution in [0.5, 0.6) is 11.8 Å². The van der Waals surface area contributed by atoms with Crippen LogP contribution in [0.1, 0.15) is 21.7 Å². The van der Waals surface area contributed by atoms with Gasteiger partial charge in [0, 0.05) is 28.7 Å². The molecule has 0 spiro atoms. The van der Waals surface area contributed by atoms with E-state index >= 15 is 0 Å². The molecule has 158 valence electrons. The summed E-state index contributed by atoms with van der Waals surface area (Å²) in [4.78, 5) is 17.3. The van der Waals surface area contributed by atoms with Gasteiger partial charge in [-0.15, -0.1) is 0 Å². The van der Waals surface area contributed by atoms with Crippen molar-refractivity contribution < 1.29 is 22.7 Å². The first-order chi connectivity index (χ1) is 14.2. The van der Waals surface area contributed by atoms with Crippen molar-refractivity contribution in [3.8, 4) is 17.4 Å². The van der Waals surface area contributed by atoms with E-state index in [0.717, 1.165) is 23.3 Å². The Morgan fingerprint density at radius 3 is 2.03 bits per heavy atom. The fourth-order valence-corrected chi connectivity index (χ4v) is 4.12. The summed E-state index contributed by atoms with van der Waals surface area (Å²) >= 11 is 0. The van der Waals surface area contributed by atoms with Crippen LogP contribution in [0.25, 0.3) is 5.69 Å². The van der Waals surface area contributed by atoms with Gasteiger partial charge >= 0.3 is 0 Å². The first kappa shape index (κ1) is 21.4. The van der Waals surface area contributed by atoms with Crippen molar-refractivity contribution in [3.05, 3.63) is 65.5 Å². The Kier molecular flexibility index (Phi) is 5.84. The van der Waals surface area contributed by atoms with Gasteiger partial charge in [0.05, 0.1) is 20.5 Å². The molecule has 2 heterocycles. The third kappa shape index (κ3) is 4.02. The van der Waals surface area contributed by atoms with Crippen LogP contribution in [0, 0.1) is 13.8 Å². The molecule has 9 heteroatoms. The van der Waals surface area contributed by atoms with Crippen LogP contribution in [0.3, 0.4) is 0 Å². The largest absolute Gasteiger partial charge is 0.481 e. The number of ether oxygens (including phenoxy) is 2. The summed E-state index contributed by atoms with van der Waals surface area (Å²) in [5.41, 5.74) is 3.20. The molecular formula is C21H23N3O5S. The predicted molar refractivity (Wildman–Crippen MR) is 114 cm³/mol. The van der Waals surface area contributed by atoms with Crippen molar-refractivity contribution in [2.75, 3.05) is 24.8 Å². The molecular weight excluding hydrogens is 406 g/mol. The van der Waals surface area contributed by atoms with Gasteiger partial charge in [0.25, 0.3) is 5.91 Å². The van der Waals surface area contributed by atoms with Gasteiger partial charge < -0.3 is 14.0 Å². The molecule has 0 fully saturated rings. The number of aromatic nitrogens is 2. The van der Waals surface area contributed by atoms with Crippen LogP contribution in [0.15, 0.2) is 48.5 Å². The molecule has 0 aliphatic carbocycles. The fourth-order valence-electron chi connectivity index (χ4n) is 3.22. The number of anilines is 1. The molecule has 0 N–H and O–H groups in total. The summed E-state index contributed by atoms with van der Waals surface area (Å²) < 4.78 is 38.0. The number of rotatable bonds is 6. The molecule has 3 rings (SSSR count). The average Bonchev–Trinajstić information content (AvgIpc) is 3.05. The van der Waals surface area contributed by atoms with Gasteiger partial charge in [0.1, 0.15) is 5.69 Å². The minimum Gasteiger partial charge on any atom is -0.481 e. The van der Waals surface area contributed by atoms with Crippen molar-refractivity contribution in [2.45, 2.75) is 13.8 Å². The fraction of sp³-hybridized carbons (Fsp3) is 0.238. The monoisotopic (exact) mass is 429 g/mol. The molecule has 1 aromatic carbocycles. The number of pyridine rings is 1. The Morgan fingerprint density at radius 2 is 1.53 bits per heavy atom. The highest BCUT2D eigenvalue weighted by atomic mass is 32.2. The van der Waals surface area contributed by atoms with E-state index in [1.165, 1.54) is 26.4 Å². The number of carbonyl (C=O) groups excluding carboxylic acids is 1. The van der Waals surface area contributed by atoms with E-state index < -0.39 is 15.9 Å². The lowest BCUT2D eigenvalue weighted by atomic mass is 10.2. The molecule has 0 unspecified atom stereocenters. The maximum Gasteiger partial charge on any atom is 0.272 e. The number of benzene rings is 1. The van der Waals surface area contributed by atoms with Gasteiger partial charge in [0.15, 0.2) is 0 Å². The summed E-state index contributed by atoms with van der Waals surface area (Å²) in [5.74, 6) is -0.517. The molecule has 0 atom stereocenters. The second kappa shape index (κ2) is 8.19. The number of carbonyl (C=O) groups is 1. The number of hydrogen-bond acceptors (Lipinski definition) is 6. The molecule has 0 radical (unpaired) electrons. The van der Waals surface area contributed by atoms with Gasteiger partial charge in [-0.25, -0.2) is 8.42 Å². The molecule has 0 aliphatic heterocycles. The van der Waals surface area contributed by atoms with E-state index in [-0.39, 0.29) is 23.0 Å². The third-order valence-electron chi connectivity index (χ3n) is 4.60. The van der Waals surface area contributed by atoms with Crippen molar-refractivity contribution in [1.29, 1.82) is 0 Å². The lowest BCUT2D eigenvalue weighted by Gasteiger charge is -2.22. The highest BCUT2D eigenvalue weighted by molar-refractivity contribution is 7.92. The highest BCUT2D eigenvalue weighted by Gasteiger charge is 2.30. The maximum absolute atomic E-state index is 13.2. The van der Waals surface area contributed by atoms with Crippen molar-refractivity contribution in [2.24, 2.45) is 0 Å². The van der Waals surface area contributed by atoms with Gasteiger partial charge in [-0.1, -0.05) is 0 Å². The van der Waals surface area contributed by atoms with Crippen LogP contribution in [-0.2, 0) is 10.0 Å². The molecule has 0 aliphatic rings. The van der Waals surface area contributed by atoms with Crippen LogP contribution in [-0.4, -0.2) is 44.4 Å². The molecule has 0 saturated heterocycles. The predicted octanol–water partition coefficient (Wildman–Crippen LogP) is 3.11. The van der Waals surface area contributed by atoms with Gasteiger partial charge in [-0.3, -0.25) is 4.79 Å². The first-order valence-corrected chi connectivity index (χ1v) is 10.9. The third-order valence-corrected chi connectivity index (χ3v) is 5.62. The Morgan fingerprint density at radius 1 is 0.933 bits per heavy atom. The normalized spacial score (nSPS) is 11.2. The minimum absolute atomic E-state index is 0.00646. The topological polar surface area (TPSA) is 90.7 Å². The number of sulfonamides is 1. The second-order valence-corrected chi connectivity index (χ2v) is 8.54. The zero-order valence-electron chi connectivity index (χ0n) is 17.4. The Bertz CT molecular complexity index is 1160. The smallest absolute Gasteiger partial charge is 0.272 e. The van der Waals surface area contributed by atoms with E-state index in [4.69, 9.17) is 9.47 Å². The molecule has 30 heavy (non-hydrogen) atoms. The van der Waals surface area contributed by atoms with Crippen molar-refractivity contribution in [3.63, 3.8) is 0 Å². The summed E-state index contributed by atoms with van der Waals surface area (Å²) in [5, 5.41) is 0. The molecule has 3 aromatic rings. The number of aryl methyl sites for hydroxylation is 2. The van der Waals surface area contributed by atoms with Gasteiger partial charge in [-0.2, -0.15) is 9.29 Å². The number of methoxy groups -OCH3 is 2. The van der Waals surface area contributed by atoms with Crippen LogP contribution >= 0.6 is 0 Å². The quantitative estimate of drug-likeness (QED) is 0.598. The Hall–Kier alpha value is -3.33. The SMILES string of the molecule is COc1ccc(N(C(=O)c2ccc(-n3c(C)ccc3C)cc2)S(C)(=O)=O)c(OC)n1. The summed E-state index contributed by atoms with van der Waals surface area (Å²) in [6.07, 6.45) is 0.954. The lowest BCUT2D eigenvalue weighted by molar-refractivity contribution is 0.100. The summed E-state index contributed by atoms with van der Waals surface area (Å²) in [6, 6.07) is 13.6. The van der Waals surface area contributed by atoms with E-state index in [1.807, 2.05) is 30.5 Å². The standard InChI is InChI=1S/C21H23N3O5S/c1-14-6-7-15(2)23(14)17-10-8-16(9-11-17)21(25)24(30(5,26)27)18-12-13-19(28-3)22-20(18)29-4/h6-13H,1-5H3. The van der Waals surface area contributed by atoms with Gasteiger partial charge in [0.2, 0.25) is 21.8 Å². The van der Waals surface area contributed by atoms with Crippen molar-refractivity contribution in [1.82, 2.24) is 9.55 Å². The van der Waals surface area contributed by atoms with Crippen molar-refractivity contribution >= 4 is 21.6 Å². The zero-order chi connectivity index (χ0) is 22.1. The van der Waals surface area contributed by atoms with Crippen LogP contribution < -0.4 is 13.8 Å². The summed E-state index contributed by atoms with van der Waals surface area (Å²) in [7, 11) is -1.20. The van der Waals surface area contributed by atoms with E-state index in [1.54, 1.807) is 24.3 Å². The molecule has 0 saturated carbocycles. The Labute approximate surface area is 175 Å². The lowest BCUT2D eigenvalue weighted by Crippen LogP contribution is -2.36. The Balaban J connectivity index is 2.04. The van der Waals surface area contributed by atoms with E-state index in [9.17, 15) is 13.2 Å². The number of amides is 1. The molecule has 2 aromatic heterocycles. The molecule has 1 amide bonds. The number of nitrogens with zero attached hydrogens (tertiary/aromatic N) is 3. The first-order valence-electron chi connectivity index (χ1n) is 9.06. The molecule has 8 nitrogen and oxygen atoms in total. The minimum atomic E-state index is -3.97. The second-order valence-electron chi connectivity index (χ2n) is 6.71. The molecule has 0 bridgehead atoms. The maximum atomic E-state index is 13.2. The van der Waals surface area contributed by atoms with Crippen LogP contribution in [0.2, 0.25) is 0 Å². The van der Waals surface area contributed by atoms with Crippen LogP contribution in [0.4, 0.5) is 5.69 Å². The van der Waals surface area contributed by atoms with E-state index in [2.05, 4.69) is 4.98 Å². The zero-order valence-corrected chi connectivity index (χ0v) is 18.2.